The number of carbonyl (C=O) groups excluding carboxylic acids is 1. The van der Waals surface area contributed by atoms with Crippen LogP contribution in [0.1, 0.15) is 74.1 Å². The van der Waals surface area contributed by atoms with E-state index in [2.05, 4.69) is 65.4 Å². The standard InChI is InChI=1S/C36H44N6O2/c1-40-19-5-8-29(40)24-44-36-38-33-22-27(31-10-4-7-26-6-2-3-9-30(26)31)14-15-32(33)35(39-36)41-20-21-42(28(23-41)17-18-37)34(43)16-13-25-11-12-25/h2-4,6-7,9-10,25,27-29H,5,8,11-17,19-24H2,1H3/t27-,28-,29-/m0/s1. The molecule has 0 spiro atoms. The summed E-state index contributed by atoms with van der Waals surface area (Å²) in [5.41, 5.74) is 3.67. The summed E-state index contributed by atoms with van der Waals surface area (Å²) in [5.74, 6) is 2.23. The zero-order chi connectivity index (χ0) is 30.0. The van der Waals surface area contributed by atoms with Crippen LogP contribution in [0.3, 0.4) is 0 Å². The summed E-state index contributed by atoms with van der Waals surface area (Å²) < 4.78 is 6.36. The second-order valence-corrected chi connectivity index (χ2v) is 13.4. The highest BCUT2D eigenvalue weighted by Gasteiger charge is 2.35. The summed E-state index contributed by atoms with van der Waals surface area (Å²) in [6, 6.07) is 18.4. The third-order valence-corrected chi connectivity index (χ3v) is 10.5. The number of anilines is 1. The molecule has 3 heterocycles. The predicted octanol–water partition coefficient (Wildman–Crippen LogP) is 5.50. The normalized spacial score (nSPS) is 23.9. The number of ether oxygens (including phenoxy) is 1. The van der Waals surface area contributed by atoms with Crippen molar-refractivity contribution in [3.8, 4) is 12.1 Å². The number of likely N-dealkylation sites (tertiary alicyclic amines) is 1. The summed E-state index contributed by atoms with van der Waals surface area (Å²) in [5, 5.41) is 12.3. The quantitative estimate of drug-likeness (QED) is 0.325. The summed E-state index contributed by atoms with van der Waals surface area (Å²) in [7, 11) is 2.16. The average Bonchev–Trinajstić information content (AvgIpc) is 3.80. The summed E-state index contributed by atoms with van der Waals surface area (Å²) in [6.45, 7) is 3.63. The van der Waals surface area contributed by atoms with Gasteiger partial charge in [-0.15, -0.1) is 0 Å². The van der Waals surface area contributed by atoms with Crippen LogP contribution in [0.5, 0.6) is 6.01 Å². The van der Waals surface area contributed by atoms with Gasteiger partial charge in [0.05, 0.1) is 24.2 Å². The first kappa shape index (κ1) is 29.0. The number of nitrogens with zero attached hydrogens (tertiary/aromatic N) is 6. The lowest BCUT2D eigenvalue weighted by Crippen LogP contribution is -2.55. The number of amides is 1. The van der Waals surface area contributed by atoms with Gasteiger partial charge in [-0.05, 0) is 80.3 Å². The number of hydrogen-bond acceptors (Lipinski definition) is 7. The molecule has 8 nitrogen and oxygen atoms in total. The molecule has 0 bridgehead atoms. The van der Waals surface area contributed by atoms with E-state index >= 15 is 0 Å². The van der Waals surface area contributed by atoms with E-state index in [1.807, 2.05) is 4.90 Å². The number of rotatable bonds is 9. The fourth-order valence-electron chi connectivity index (χ4n) is 7.67. The lowest BCUT2D eigenvalue weighted by Gasteiger charge is -2.42. The number of hydrogen-bond donors (Lipinski definition) is 0. The first-order chi connectivity index (χ1) is 21.6. The van der Waals surface area contributed by atoms with Gasteiger partial charge < -0.3 is 19.4 Å². The van der Waals surface area contributed by atoms with Gasteiger partial charge in [0.25, 0.3) is 0 Å². The van der Waals surface area contributed by atoms with E-state index in [0.717, 1.165) is 56.1 Å². The highest BCUT2D eigenvalue weighted by atomic mass is 16.5. The summed E-state index contributed by atoms with van der Waals surface area (Å²) in [4.78, 5) is 30.0. The zero-order valence-electron chi connectivity index (χ0n) is 26.0. The summed E-state index contributed by atoms with van der Waals surface area (Å²) in [6.07, 6.45) is 9.51. The van der Waals surface area contributed by atoms with Gasteiger partial charge in [-0.25, -0.2) is 0 Å². The number of likely N-dealkylation sites (N-methyl/N-ethyl adjacent to an activating group) is 1. The molecular formula is C36H44N6O2. The molecule has 44 heavy (non-hydrogen) atoms. The lowest BCUT2D eigenvalue weighted by atomic mass is 9.80. The number of benzene rings is 2. The van der Waals surface area contributed by atoms with Gasteiger partial charge in [-0.3, -0.25) is 4.79 Å². The molecule has 7 rings (SSSR count). The van der Waals surface area contributed by atoms with Gasteiger partial charge in [-0.2, -0.15) is 15.2 Å². The molecule has 0 unspecified atom stereocenters. The Hall–Kier alpha value is -3.70. The van der Waals surface area contributed by atoms with E-state index in [4.69, 9.17) is 14.7 Å². The van der Waals surface area contributed by atoms with Crippen LogP contribution in [0.4, 0.5) is 5.82 Å². The van der Waals surface area contributed by atoms with Crippen molar-refractivity contribution in [2.75, 3.05) is 44.7 Å². The number of carbonyl (C=O) groups is 1. The molecule has 1 saturated carbocycles. The van der Waals surface area contributed by atoms with E-state index in [1.165, 1.54) is 41.2 Å². The van der Waals surface area contributed by atoms with Crippen molar-refractivity contribution in [1.29, 1.82) is 5.26 Å². The third kappa shape index (κ3) is 6.12. The van der Waals surface area contributed by atoms with Crippen molar-refractivity contribution < 1.29 is 9.53 Å². The topological polar surface area (TPSA) is 85.6 Å². The molecule has 1 aromatic heterocycles. The van der Waals surface area contributed by atoms with Gasteiger partial charge in [0, 0.05) is 37.7 Å². The molecule has 3 aromatic rings. The van der Waals surface area contributed by atoms with Crippen LogP contribution in [-0.4, -0.2) is 77.6 Å². The maximum atomic E-state index is 13.2. The Bertz CT molecular complexity index is 1540. The van der Waals surface area contributed by atoms with Crippen molar-refractivity contribution in [1.82, 2.24) is 19.8 Å². The Morgan fingerprint density at radius 2 is 1.89 bits per heavy atom. The van der Waals surface area contributed by atoms with Crippen molar-refractivity contribution in [3.63, 3.8) is 0 Å². The maximum Gasteiger partial charge on any atom is 0.318 e. The molecule has 0 radical (unpaired) electrons. The van der Waals surface area contributed by atoms with Gasteiger partial charge in [-0.1, -0.05) is 55.3 Å². The molecule has 0 N–H and O–H groups in total. The largest absolute Gasteiger partial charge is 0.462 e. The van der Waals surface area contributed by atoms with Crippen molar-refractivity contribution in [2.45, 2.75) is 82.2 Å². The Labute approximate surface area is 261 Å². The molecule has 2 aliphatic carbocycles. The van der Waals surface area contributed by atoms with E-state index < -0.39 is 0 Å². The monoisotopic (exact) mass is 592 g/mol. The van der Waals surface area contributed by atoms with Crippen molar-refractivity contribution in [3.05, 3.63) is 59.3 Å². The van der Waals surface area contributed by atoms with Crippen LogP contribution >= 0.6 is 0 Å². The lowest BCUT2D eigenvalue weighted by molar-refractivity contribution is -0.134. The summed E-state index contributed by atoms with van der Waals surface area (Å²) >= 11 is 0. The molecule has 2 aromatic carbocycles. The Morgan fingerprint density at radius 1 is 1.02 bits per heavy atom. The van der Waals surface area contributed by atoms with Crippen LogP contribution in [0.15, 0.2) is 42.5 Å². The van der Waals surface area contributed by atoms with Crippen LogP contribution in [0.2, 0.25) is 0 Å². The number of aromatic nitrogens is 2. The smallest absolute Gasteiger partial charge is 0.318 e. The molecule has 2 aliphatic heterocycles. The molecule has 8 heteroatoms. The zero-order valence-corrected chi connectivity index (χ0v) is 26.0. The highest BCUT2D eigenvalue weighted by Crippen LogP contribution is 2.40. The van der Waals surface area contributed by atoms with Crippen LogP contribution in [-0.2, 0) is 17.6 Å². The van der Waals surface area contributed by atoms with Crippen LogP contribution < -0.4 is 9.64 Å². The maximum absolute atomic E-state index is 13.2. The molecule has 2 saturated heterocycles. The van der Waals surface area contributed by atoms with E-state index in [9.17, 15) is 10.1 Å². The van der Waals surface area contributed by atoms with Crippen molar-refractivity contribution in [2.24, 2.45) is 5.92 Å². The average molecular weight is 593 g/mol. The fourth-order valence-corrected chi connectivity index (χ4v) is 7.67. The molecule has 3 fully saturated rings. The minimum absolute atomic E-state index is 0.130. The van der Waals surface area contributed by atoms with E-state index in [0.29, 0.717) is 57.1 Å². The first-order valence-electron chi connectivity index (χ1n) is 16.7. The molecule has 3 atom stereocenters. The van der Waals surface area contributed by atoms with Gasteiger partial charge in [0.15, 0.2) is 0 Å². The first-order valence-corrected chi connectivity index (χ1v) is 16.7. The SMILES string of the molecule is CN1CCC[C@H]1COc1nc2c(c(N3CCN(C(=O)CCC4CC4)[C@@H](CC#N)C3)n1)CC[C@H](c1cccc3ccccc13)C2. The minimum Gasteiger partial charge on any atom is -0.462 e. The second kappa shape index (κ2) is 12.7. The van der Waals surface area contributed by atoms with Gasteiger partial charge in [0.2, 0.25) is 5.91 Å². The molecular weight excluding hydrogens is 548 g/mol. The fraction of sp³-hybridized carbons (Fsp3) is 0.556. The van der Waals surface area contributed by atoms with Crippen LogP contribution in [0.25, 0.3) is 10.8 Å². The highest BCUT2D eigenvalue weighted by molar-refractivity contribution is 5.86. The molecule has 1 amide bonds. The Balaban J connectivity index is 1.17. The van der Waals surface area contributed by atoms with E-state index in [-0.39, 0.29) is 11.9 Å². The van der Waals surface area contributed by atoms with Gasteiger partial charge in [0.1, 0.15) is 12.4 Å². The molecule has 4 aliphatic rings. The van der Waals surface area contributed by atoms with Gasteiger partial charge >= 0.3 is 6.01 Å². The number of fused-ring (bicyclic) bond motifs is 2. The minimum atomic E-state index is -0.130. The second-order valence-electron chi connectivity index (χ2n) is 13.4. The van der Waals surface area contributed by atoms with Crippen LogP contribution in [0, 0.1) is 17.2 Å². The number of piperazine rings is 1. The predicted molar refractivity (Wildman–Crippen MR) is 172 cm³/mol. The van der Waals surface area contributed by atoms with Crippen molar-refractivity contribution >= 4 is 22.5 Å². The third-order valence-electron chi connectivity index (χ3n) is 10.5. The van der Waals surface area contributed by atoms with E-state index in [1.54, 1.807) is 0 Å². The Morgan fingerprint density at radius 3 is 2.70 bits per heavy atom. The number of nitriles is 1. The Kier molecular flexibility index (Phi) is 8.40. The molecule has 230 valence electrons.